The number of aryl methyl sites for hydroxylation is 1. The van der Waals surface area contributed by atoms with Gasteiger partial charge in [-0.15, -0.1) is 0 Å². The van der Waals surface area contributed by atoms with Gasteiger partial charge in [0.25, 0.3) is 5.91 Å². The van der Waals surface area contributed by atoms with Crippen LogP contribution in [0.4, 0.5) is 26.3 Å². The van der Waals surface area contributed by atoms with E-state index >= 15 is 0 Å². The van der Waals surface area contributed by atoms with Crippen molar-refractivity contribution in [2.24, 2.45) is 38.0 Å². The standard InChI is InChI=1S/C22H15F3N2O3.2C19H14N2O2.C18H17NO5.C16H12ClNO2.C10H11N2O3.CHF3O3S.ClH/c23-22(24,25)18-13-7-12-17(14-18)19(26-20(28)15-8-3-1-4-9-15)27-30-21(29)16-10-5-2-6-11-16;2*22-19(16-11-5-2-6-12-16)23-21-18(15-9-3-1-4-10-15)17-13-7-8-14-20-17;1-12(20)17(13-8-5-4-6-9-13)19-24-18(21)16-14(22-2)10-7-11-15(16)23-3;17-14-7-3-6-13(8-14)16(19)20-18-15-9-11-4-1-2-5-12(11)10-15;1-8(13)10(14)15-11-7-9-5-3-4-6-12(9)2;2-1(3,4)8(5,6)7;/h1-14H,(H,26,27,28);2*1-14H;4-11H,1-3H3;1-8H,9-10H2;3-7H,1-2H3;(H,5,6,7);1H/q;;;;;+1;;/p-1/b;2*21-18+;19-17+;;11-7+;;. The predicted molar refractivity (Wildman–Crippen MR) is 516 cm³/mol. The van der Waals surface area contributed by atoms with Gasteiger partial charge in [-0.2, -0.15) is 26.3 Å². The average molecular weight is 2020 g/mol. The second-order valence-corrected chi connectivity index (χ2v) is 30.7. The van der Waals surface area contributed by atoms with E-state index in [9.17, 15) is 69.5 Å². The molecule has 0 radical (unpaired) electrons. The number of rotatable bonds is 23. The maximum absolute atomic E-state index is 13.1. The molecule has 15 rings (SSSR count). The molecule has 0 spiro atoms. The molecule has 14 aromatic rings. The Bertz CT molecular complexity index is 6740. The summed E-state index contributed by atoms with van der Waals surface area (Å²) in [4.78, 5) is 144. The number of oxime groups is 6. The molecule has 11 aromatic carbocycles. The highest BCUT2D eigenvalue weighted by Gasteiger charge is 2.37. The van der Waals surface area contributed by atoms with E-state index in [2.05, 4.69) is 63.2 Å². The quantitative estimate of drug-likeness (QED) is 0.00715. The van der Waals surface area contributed by atoms with Crippen LogP contribution in [0.1, 0.15) is 133 Å². The summed E-state index contributed by atoms with van der Waals surface area (Å²) in [6.45, 7) is 2.48. The van der Waals surface area contributed by atoms with Crippen molar-refractivity contribution in [1.29, 1.82) is 0 Å². The number of ether oxygens (including phenoxy) is 2. The second kappa shape index (κ2) is 56.9. The molecule has 0 fully saturated rings. The number of Topliss-reactive ketones (excluding diaryl/α,β-unsaturated/α-hetero) is 2. The topological polar surface area (TPSA) is 401 Å². The lowest BCUT2D eigenvalue weighted by atomic mass is 10.1. The first-order valence-electron chi connectivity index (χ1n) is 42.1. The van der Waals surface area contributed by atoms with Crippen LogP contribution in [0.5, 0.6) is 11.5 Å². The maximum Gasteiger partial charge on any atom is 1.00 e. The van der Waals surface area contributed by atoms with Gasteiger partial charge >= 0.3 is 48.9 Å². The molecule has 1 amide bonds. The first kappa shape index (κ1) is 111. The molecule has 3 heterocycles. The van der Waals surface area contributed by atoms with Gasteiger partial charge in [0.1, 0.15) is 41.7 Å². The summed E-state index contributed by atoms with van der Waals surface area (Å²) in [7, 11) is -1.40. The Morgan fingerprint density at radius 3 is 1.22 bits per heavy atom. The summed E-state index contributed by atoms with van der Waals surface area (Å²) in [6.07, 6.45) is 3.41. The Balaban J connectivity index is 0.000000234. The first-order chi connectivity index (χ1) is 68.7. The van der Waals surface area contributed by atoms with Gasteiger partial charge in [-0.3, -0.25) is 24.4 Å². The van der Waals surface area contributed by atoms with Crippen LogP contribution in [-0.2, 0) is 79.6 Å². The fourth-order valence-corrected chi connectivity index (χ4v) is 12.0. The van der Waals surface area contributed by atoms with E-state index in [-0.39, 0.29) is 53.4 Å². The zero-order chi connectivity index (χ0) is 103. The Labute approximate surface area is 832 Å². The monoisotopic (exact) mass is 2020 g/mol. The molecular weight excluding hydrogens is 1940 g/mol. The number of hydrogen-bond acceptors (Lipinski definition) is 28. The Hall–Kier alpha value is -17.8. The SMILES string of the molecule is CC(=O)C(=O)O/N=C/c1cccc[n+]1C.COc1cccc(OC)c1C(=O)O/N=C(\C(C)=O)c1ccccc1.O=C(N/C(=N\OC(=O)c1ccccc1)c1cccc(C(F)(F)F)c1)c1ccccc1.O=C(O/N=C(\c1ccccc1)c1ccccn1)c1ccccc1.O=C(O/N=C(\c1ccccc1)c1ccccn1)c1ccccc1.O=C(ON=C1Cc2ccccc2C1)c1cccc(Cl)c1.O=S(=O)([O-])C(F)(F)F.[Cl-].[H+]. The number of carbonyl (C=O) groups excluding carboxylic acids is 9. The van der Waals surface area contributed by atoms with Gasteiger partial charge in [-0.05, 0) is 132 Å². The number of nitrogens with zero attached hydrogens (tertiary/aromatic N) is 9. The normalized spacial score (nSPS) is 11.4. The predicted octanol–water partition coefficient (Wildman–Crippen LogP) is 15.7. The van der Waals surface area contributed by atoms with Crippen molar-refractivity contribution in [3.63, 3.8) is 0 Å². The minimum atomic E-state index is -6.09. The van der Waals surface area contributed by atoms with Crippen LogP contribution in [-0.4, -0.2) is 131 Å². The molecule has 3 aromatic heterocycles. The summed E-state index contributed by atoms with van der Waals surface area (Å²) >= 11 is 5.83. The average Bonchev–Trinajstić information content (AvgIpc) is 1.69. The molecule has 1 aliphatic rings. The highest BCUT2D eigenvalue weighted by Crippen LogP contribution is 2.32. The van der Waals surface area contributed by atoms with Crippen LogP contribution in [0, 0.1) is 0 Å². The summed E-state index contributed by atoms with van der Waals surface area (Å²) in [6, 6.07) is 101. The molecule has 736 valence electrons. The Morgan fingerprint density at radius 1 is 0.424 bits per heavy atom. The lowest BCUT2D eigenvalue weighted by molar-refractivity contribution is -0.672. The number of nitrogens with one attached hydrogen (secondary N) is 1. The van der Waals surface area contributed by atoms with E-state index in [4.69, 9.17) is 58.2 Å². The molecule has 0 saturated carbocycles. The van der Waals surface area contributed by atoms with Crippen LogP contribution in [0.15, 0.2) is 407 Å². The molecule has 39 heteroatoms. The first-order valence-corrected chi connectivity index (χ1v) is 43.9. The van der Waals surface area contributed by atoms with Crippen LogP contribution >= 0.6 is 11.6 Å². The molecule has 1 N–H and O–H groups in total. The third-order valence-electron chi connectivity index (χ3n) is 18.8. The van der Waals surface area contributed by atoms with E-state index in [0.717, 1.165) is 54.4 Å². The number of hydrogen-bond donors (Lipinski definition) is 1. The number of amidine groups is 1. The fourth-order valence-electron chi connectivity index (χ4n) is 11.8. The summed E-state index contributed by atoms with van der Waals surface area (Å²) in [5, 5.41) is 25.7. The van der Waals surface area contributed by atoms with E-state index in [1.54, 1.807) is 175 Å². The number of pyridine rings is 3. The van der Waals surface area contributed by atoms with Crippen molar-refractivity contribution < 1.29 is 139 Å². The van der Waals surface area contributed by atoms with Crippen molar-refractivity contribution in [3.05, 3.63) is 471 Å². The fraction of sp³-hybridized carbons (Fsp3) is 0.0857. The zero-order valence-corrected chi connectivity index (χ0v) is 78.7. The highest BCUT2D eigenvalue weighted by molar-refractivity contribution is 7.86. The van der Waals surface area contributed by atoms with Crippen LogP contribution < -0.4 is 31.8 Å². The third kappa shape index (κ3) is 36.2. The molecule has 144 heavy (non-hydrogen) atoms. The van der Waals surface area contributed by atoms with Crippen LogP contribution in [0.3, 0.4) is 0 Å². The van der Waals surface area contributed by atoms with E-state index < -0.39 is 74.9 Å². The Kier molecular flexibility index (Phi) is 44.1. The molecule has 0 aliphatic heterocycles. The number of alkyl halides is 6. The van der Waals surface area contributed by atoms with E-state index in [1.165, 1.54) is 74.9 Å². The lowest BCUT2D eigenvalue weighted by Gasteiger charge is -2.11. The van der Waals surface area contributed by atoms with Gasteiger partial charge in [0.05, 0.1) is 59.1 Å². The van der Waals surface area contributed by atoms with Crippen molar-refractivity contribution in [2.45, 2.75) is 38.4 Å². The molecule has 30 nitrogen and oxygen atoms in total. The number of fused-ring (bicyclic) bond motifs is 1. The molecule has 0 saturated heterocycles. The van der Waals surface area contributed by atoms with Gasteiger partial charge in [0.15, 0.2) is 33.6 Å². The number of amides is 1. The second-order valence-electron chi connectivity index (χ2n) is 28.9. The molecule has 1 aliphatic carbocycles. The minimum absolute atomic E-state index is 0. The molecule has 0 bridgehead atoms. The third-order valence-corrected chi connectivity index (χ3v) is 19.6. The van der Waals surface area contributed by atoms with E-state index in [0.29, 0.717) is 61.6 Å². The maximum atomic E-state index is 13.1. The van der Waals surface area contributed by atoms with Crippen molar-refractivity contribution in [2.75, 3.05) is 14.2 Å². The van der Waals surface area contributed by atoms with Crippen molar-refractivity contribution in [3.8, 4) is 11.5 Å². The number of benzene rings is 11. The summed E-state index contributed by atoms with van der Waals surface area (Å²) in [5.74, 6) is -5.44. The summed E-state index contributed by atoms with van der Waals surface area (Å²) in [5.41, 5.74) is 3.86. The molecular formula is C105H84Cl2F6N10O20S. The van der Waals surface area contributed by atoms with Gasteiger partial charge in [0.2, 0.25) is 11.5 Å². The van der Waals surface area contributed by atoms with E-state index in [1.807, 2.05) is 153 Å². The van der Waals surface area contributed by atoms with Crippen molar-refractivity contribution >= 4 is 110 Å². The number of methoxy groups -OCH3 is 2. The van der Waals surface area contributed by atoms with Gasteiger partial charge in [-0.1, -0.05) is 267 Å². The van der Waals surface area contributed by atoms with Crippen LogP contribution in [0.25, 0.3) is 0 Å². The minimum Gasteiger partial charge on any atom is -1.00 e. The van der Waals surface area contributed by atoms with Crippen molar-refractivity contribution in [1.82, 2.24) is 15.3 Å². The van der Waals surface area contributed by atoms with Gasteiger partial charge in [-0.25, -0.2) is 41.8 Å². The highest BCUT2D eigenvalue weighted by atomic mass is 35.5. The molecule has 0 unspecified atom stereocenters. The lowest BCUT2D eigenvalue weighted by Crippen LogP contribution is -3.00. The smallest absolute Gasteiger partial charge is 1.00 e. The number of carbonyl (C=O) groups is 9. The molecule has 0 atom stereocenters. The summed E-state index contributed by atoms with van der Waals surface area (Å²) < 4.78 is 110. The number of ketones is 2. The largest absolute Gasteiger partial charge is 1.00 e. The van der Waals surface area contributed by atoms with Crippen LogP contribution in [0.2, 0.25) is 5.02 Å². The van der Waals surface area contributed by atoms with Gasteiger partial charge < -0.3 is 60.8 Å². The zero-order valence-electron chi connectivity index (χ0n) is 77.4. The Morgan fingerprint density at radius 2 is 0.806 bits per heavy atom. The van der Waals surface area contributed by atoms with Gasteiger partial charge in [0, 0.05) is 84.1 Å². The number of aromatic nitrogens is 3. The number of halogens is 8.